The lowest BCUT2D eigenvalue weighted by Crippen LogP contribution is -1.85. The Labute approximate surface area is 80.8 Å². The van der Waals surface area contributed by atoms with Gasteiger partial charge in [0.15, 0.2) is 0 Å². The zero-order valence-corrected chi connectivity index (χ0v) is 8.74. The van der Waals surface area contributed by atoms with Crippen LogP contribution in [0.15, 0.2) is 0 Å². The second-order valence-corrected chi connectivity index (χ2v) is 2.25. The maximum atomic E-state index is 8.07. The predicted molar refractivity (Wildman–Crippen MR) is 53.5 cm³/mol. The van der Waals surface area contributed by atoms with Gasteiger partial charge in [0, 0.05) is 13.2 Å². The molecule has 0 amide bonds. The summed E-state index contributed by atoms with van der Waals surface area (Å²) in [6, 6.07) is 0. The minimum atomic E-state index is -0.125. The Kier molecular flexibility index (Phi) is 42.5. The fourth-order valence-corrected chi connectivity index (χ4v) is 0.158. The lowest BCUT2D eigenvalue weighted by Gasteiger charge is -1.79. The van der Waals surface area contributed by atoms with Crippen LogP contribution < -0.4 is 0 Å². The maximum Gasteiger partial charge on any atom is 0.0662 e. The van der Waals surface area contributed by atoms with Crippen molar-refractivity contribution in [3.8, 4) is 0 Å². The molecule has 4 heteroatoms. The molecule has 0 saturated heterocycles. The van der Waals surface area contributed by atoms with E-state index in [0.717, 1.165) is 19.3 Å². The van der Waals surface area contributed by atoms with Gasteiger partial charge in [0.25, 0.3) is 0 Å². The molecule has 0 heterocycles. The van der Waals surface area contributed by atoms with Crippen LogP contribution in [0.25, 0.3) is 0 Å². The van der Waals surface area contributed by atoms with Crippen molar-refractivity contribution in [2.75, 3.05) is 26.4 Å². The van der Waals surface area contributed by atoms with E-state index in [9.17, 15) is 0 Å². The van der Waals surface area contributed by atoms with Gasteiger partial charge in [-0.15, -0.1) is 0 Å². The van der Waals surface area contributed by atoms with Crippen LogP contribution in [-0.4, -0.2) is 46.9 Å². The van der Waals surface area contributed by atoms with Crippen molar-refractivity contribution in [2.24, 2.45) is 0 Å². The molecule has 0 radical (unpaired) electrons. The molecular formula is C9H24O4. The van der Waals surface area contributed by atoms with Gasteiger partial charge in [-0.2, -0.15) is 0 Å². The molecule has 84 valence electrons. The average Bonchev–Trinajstić information content (AvgIpc) is 2.20. The molecule has 0 spiro atoms. The summed E-state index contributed by atoms with van der Waals surface area (Å²) in [6.07, 6.45) is 2.91. The SMILES string of the molecule is CCCCO.CCCO.OCCO. The number of hydrogen-bond donors (Lipinski definition) is 4. The van der Waals surface area contributed by atoms with Gasteiger partial charge in [-0.05, 0) is 12.8 Å². The summed E-state index contributed by atoms with van der Waals surface area (Å²) in [5, 5.41) is 31.2. The largest absolute Gasteiger partial charge is 0.396 e. The molecule has 0 fully saturated rings. The van der Waals surface area contributed by atoms with Crippen LogP contribution in [-0.2, 0) is 0 Å². The van der Waals surface area contributed by atoms with Gasteiger partial charge in [0.2, 0.25) is 0 Å². The van der Waals surface area contributed by atoms with Crippen LogP contribution in [0.1, 0.15) is 33.1 Å². The van der Waals surface area contributed by atoms with Gasteiger partial charge < -0.3 is 20.4 Å². The molecule has 0 aliphatic heterocycles. The summed E-state index contributed by atoms with van der Waals surface area (Å²) in [5.41, 5.74) is 0. The zero-order valence-electron chi connectivity index (χ0n) is 8.74. The molecule has 0 unspecified atom stereocenters. The van der Waals surface area contributed by atoms with Crippen LogP contribution in [0.2, 0.25) is 0 Å². The lowest BCUT2D eigenvalue weighted by atomic mass is 10.4. The van der Waals surface area contributed by atoms with Gasteiger partial charge >= 0.3 is 0 Å². The predicted octanol–water partition coefficient (Wildman–Crippen LogP) is 0.138. The highest BCUT2D eigenvalue weighted by Gasteiger charge is 1.69. The molecule has 0 saturated carbocycles. The van der Waals surface area contributed by atoms with E-state index in [0.29, 0.717) is 13.2 Å². The van der Waals surface area contributed by atoms with Crippen molar-refractivity contribution < 1.29 is 20.4 Å². The fraction of sp³-hybridized carbons (Fsp3) is 1.00. The minimum absolute atomic E-state index is 0.125. The van der Waals surface area contributed by atoms with Crippen molar-refractivity contribution in [2.45, 2.75) is 33.1 Å². The van der Waals surface area contributed by atoms with Gasteiger partial charge in [-0.3, -0.25) is 0 Å². The number of hydrogen-bond acceptors (Lipinski definition) is 4. The molecule has 0 aromatic rings. The van der Waals surface area contributed by atoms with Crippen LogP contribution in [0.4, 0.5) is 0 Å². The smallest absolute Gasteiger partial charge is 0.0662 e. The Balaban J connectivity index is -0.000000117. The first kappa shape index (κ1) is 18.6. The highest BCUT2D eigenvalue weighted by Crippen LogP contribution is 1.78. The Hall–Kier alpha value is -0.160. The molecule has 0 aliphatic rings. The average molecular weight is 196 g/mol. The van der Waals surface area contributed by atoms with Crippen molar-refractivity contribution in [1.82, 2.24) is 0 Å². The molecule has 0 aromatic carbocycles. The summed E-state index contributed by atoms with van der Waals surface area (Å²) in [5.74, 6) is 0. The second kappa shape index (κ2) is 29.7. The molecule has 4 N–H and O–H groups in total. The molecule has 0 aliphatic carbocycles. The molecule has 0 atom stereocenters. The Morgan fingerprint density at radius 1 is 0.615 bits per heavy atom. The first-order chi connectivity index (χ1) is 6.24. The molecular weight excluding hydrogens is 172 g/mol. The summed E-state index contributed by atoms with van der Waals surface area (Å²) >= 11 is 0. The van der Waals surface area contributed by atoms with Gasteiger partial charge in [0.1, 0.15) is 0 Å². The van der Waals surface area contributed by atoms with Crippen molar-refractivity contribution in [1.29, 1.82) is 0 Å². The maximum absolute atomic E-state index is 8.07. The number of unbranched alkanes of at least 4 members (excludes halogenated alkanes) is 1. The van der Waals surface area contributed by atoms with E-state index in [2.05, 4.69) is 6.92 Å². The number of rotatable bonds is 4. The summed E-state index contributed by atoms with van der Waals surface area (Å²) in [7, 11) is 0. The summed E-state index contributed by atoms with van der Waals surface area (Å²) in [4.78, 5) is 0. The van der Waals surface area contributed by atoms with Crippen LogP contribution in [0.5, 0.6) is 0 Å². The monoisotopic (exact) mass is 196 g/mol. The van der Waals surface area contributed by atoms with E-state index in [-0.39, 0.29) is 13.2 Å². The fourth-order valence-electron chi connectivity index (χ4n) is 0.158. The standard InChI is InChI=1S/C4H10O.C3H8O.C2H6O2/c1-2-3-4-5;1-2-3-4;3-1-2-4/h5H,2-4H2,1H3;4H,2-3H2,1H3;3-4H,1-2H2. The topological polar surface area (TPSA) is 80.9 Å². The molecule has 13 heavy (non-hydrogen) atoms. The lowest BCUT2D eigenvalue weighted by molar-refractivity contribution is 0.186. The zero-order chi connectivity index (χ0) is 10.9. The van der Waals surface area contributed by atoms with Crippen molar-refractivity contribution in [3.63, 3.8) is 0 Å². The Morgan fingerprint density at radius 2 is 1.00 bits per heavy atom. The summed E-state index contributed by atoms with van der Waals surface area (Å²) in [6.45, 7) is 4.40. The second-order valence-electron chi connectivity index (χ2n) is 2.25. The highest BCUT2D eigenvalue weighted by atomic mass is 16.3. The van der Waals surface area contributed by atoms with E-state index in [1.54, 1.807) is 0 Å². The third-order valence-corrected chi connectivity index (χ3v) is 0.835. The summed E-state index contributed by atoms with van der Waals surface area (Å²) < 4.78 is 0. The Bertz CT molecular complexity index is 40.9. The van der Waals surface area contributed by atoms with Crippen molar-refractivity contribution >= 4 is 0 Å². The van der Waals surface area contributed by atoms with Crippen LogP contribution in [0.3, 0.4) is 0 Å². The third-order valence-electron chi connectivity index (χ3n) is 0.835. The number of aliphatic hydroxyl groups excluding tert-OH is 4. The normalized spacial score (nSPS) is 7.85. The highest BCUT2D eigenvalue weighted by molar-refractivity contribution is 4.23. The van der Waals surface area contributed by atoms with E-state index in [1.165, 1.54) is 0 Å². The molecule has 4 nitrogen and oxygen atoms in total. The van der Waals surface area contributed by atoms with E-state index in [4.69, 9.17) is 20.4 Å². The van der Waals surface area contributed by atoms with E-state index < -0.39 is 0 Å². The van der Waals surface area contributed by atoms with Gasteiger partial charge in [-0.1, -0.05) is 20.3 Å². The van der Waals surface area contributed by atoms with Crippen molar-refractivity contribution in [3.05, 3.63) is 0 Å². The Morgan fingerprint density at radius 3 is 1.00 bits per heavy atom. The molecule has 0 aromatic heterocycles. The van der Waals surface area contributed by atoms with Crippen LogP contribution in [0, 0.1) is 0 Å². The number of aliphatic hydroxyl groups is 4. The van der Waals surface area contributed by atoms with Crippen LogP contribution >= 0.6 is 0 Å². The molecule has 0 rings (SSSR count). The van der Waals surface area contributed by atoms with E-state index >= 15 is 0 Å². The third kappa shape index (κ3) is 77.7. The van der Waals surface area contributed by atoms with Gasteiger partial charge in [0.05, 0.1) is 13.2 Å². The quantitative estimate of drug-likeness (QED) is 0.515. The van der Waals surface area contributed by atoms with E-state index in [1.807, 2.05) is 6.92 Å². The van der Waals surface area contributed by atoms with Gasteiger partial charge in [-0.25, -0.2) is 0 Å². The minimum Gasteiger partial charge on any atom is -0.396 e. The first-order valence-corrected chi connectivity index (χ1v) is 4.68. The molecule has 0 bridgehead atoms. The first-order valence-electron chi connectivity index (χ1n) is 4.68.